The van der Waals surface area contributed by atoms with Crippen LogP contribution in [0.15, 0.2) is 43.0 Å². The van der Waals surface area contributed by atoms with E-state index in [1.807, 2.05) is 12.1 Å². The molecule has 8 nitrogen and oxygen atoms in total. The van der Waals surface area contributed by atoms with Gasteiger partial charge in [0.25, 0.3) is 0 Å². The van der Waals surface area contributed by atoms with Crippen molar-refractivity contribution < 1.29 is 19.4 Å². The zero-order valence-corrected chi connectivity index (χ0v) is 20.6. The predicted octanol–water partition coefficient (Wildman–Crippen LogP) is 4.43. The highest BCUT2D eigenvalue weighted by Gasteiger charge is 2.29. The number of ether oxygens (including phenoxy) is 1. The van der Waals surface area contributed by atoms with Gasteiger partial charge in [-0.15, -0.1) is 15.0 Å². The van der Waals surface area contributed by atoms with Gasteiger partial charge >= 0.3 is 5.97 Å². The molecule has 0 saturated carbocycles. The molecule has 1 amide bonds. The summed E-state index contributed by atoms with van der Waals surface area (Å²) in [4.78, 5) is 25.0. The van der Waals surface area contributed by atoms with Crippen LogP contribution in [0.4, 0.5) is 0 Å². The first kappa shape index (κ1) is 25.0. The Hall–Kier alpha value is -3.68. The number of hydrogen-bond donors (Lipinski definition) is 2. The maximum atomic E-state index is 11.9. The van der Waals surface area contributed by atoms with E-state index in [1.165, 1.54) is 18.0 Å². The SMILES string of the molecule is C=CC(=O)NCc1cc(C(C)(C)CC(C)(C)C)cc(-n2nc3ccc(C(=O)OC)cc3n2)c1O. The summed E-state index contributed by atoms with van der Waals surface area (Å²) in [5.41, 5.74) is 3.16. The quantitative estimate of drug-likeness (QED) is 0.396. The lowest BCUT2D eigenvalue weighted by atomic mass is 9.72. The summed E-state index contributed by atoms with van der Waals surface area (Å²) in [5, 5.41) is 22.9. The number of phenols is 1. The summed E-state index contributed by atoms with van der Waals surface area (Å²) >= 11 is 0. The monoisotopic (exact) mass is 464 g/mol. The van der Waals surface area contributed by atoms with Crippen molar-refractivity contribution in [2.75, 3.05) is 7.11 Å². The number of rotatable bonds is 7. The maximum Gasteiger partial charge on any atom is 0.337 e. The minimum atomic E-state index is -0.467. The largest absolute Gasteiger partial charge is 0.505 e. The fraction of sp³-hybridized carbons (Fsp3) is 0.385. The Labute approximate surface area is 199 Å². The molecule has 0 unspecified atom stereocenters. The van der Waals surface area contributed by atoms with E-state index in [4.69, 9.17) is 4.74 Å². The molecule has 0 fully saturated rings. The number of nitrogens with zero attached hydrogens (tertiary/aromatic N) is 3. The summed E-state index contributed by atoms with van der Waals surface area (Å²) in [5.74, 6) is -0.836. The van der Waals surface area contributed by atoms with E-state index in [2.05, 4.69) is 56.7 Å². The van der Waals surface area contributed by atoms with Gasteiger partial charge in [-0.1, -0.05) is 41.2 Å². The molecule has 2 N–H and O–H groups in total. The minimum Gasteiger partial charge on any atom is -0.505 e. The first-order valence-corrected chi connectivity index (χ1v) is 11.1. The number of aromatic hydroxyl groups is 1. The van der Waals surface area contributed by atoms with Crippen LogP contribution >= 0.6 is 0 Å². The molecular formula is C26H32N4O4. The van der Waals surface area contributed by atoms with Crippen LogP contribution in [0, 0.1) is 5.41 Å². The Morgan fingerprint density at radius 1 is 1.12 bits per heavy atom. The van der Waals surface area contributed by atoms with E-state index in [9.17, 15) is 14.7 Å². The van der Waals surface area contributed by atoms with Crippen molar-refractivity contribution in [3.8, 4) is 11.4 Å². The van der Waals surface area contributed by atoms with Crippen LogP contribution in [-0.2, 0) is 21.5 Å². The lowest BCUT2D eigenvalue weighted by Crippen LogP contribution is -2.26. The second kappa shape index (κ2) is 9.29. The molecule has 0 aliphatic heterocycles. The van der Waals surface area contributed by atoms with Gasteiger partial charge in [0.15, 0.2) is 0 Å². The zero-order chi connectivity index (χ0) is 25.3. The van der Waals surface area contributed by atoms with Crippen molar-refractivity contribution >= 4 is 22.9 Å². The Morgan fingerprint density at radius 2 is 1.79 bits per heavy atom. The van der Waals surface area contributed by atoms with Gasteiger partial charge in [0.1, 0.15) is 22.5 Å². The predicted molar refractivity (Wildman–Crippen MR) is 131 cm³/mol. The molecule has 2 aromatic carbocycles. The second-order valence-corrected chi connectivity index (χ2v) is 10.2. The fourth-order valence-corrected chi connectivity index (χ4v) is 4.31. The van der Waals surface area contributed by atoms with E-state index >= 15 is 0 Å². The summed E-state index contributed by atoms with van der Waals surface area (Å²) in [6, 6.07) is 8.68. The van der Waals surface area contributed by atoms with E-state index in [0.717, 1.165) is 12.0 Å². The lowest BCUT2D eigenvalue weighted by molar-refractivity contribution is -0.116. The van der Waals surface area contributed by atoms with E-state index in [0.29, 0.717) is 27.8 Å². The molecular weight excluding hydrogens is 432 g/mol. The average molecular weight is 465 g/mol. The first-order chi connectivity index (χ1) is 15.8. The van der Waals surface area contributed by atoms with Crippen molar-refractivity contribution in [1.82, 2.24) is 20.3 Å². The molecule has 3 aromatic rings. The van der Waals surface area contributed by atoms with Crippen molar-refractivity contribution in [3.63, 3.8) is 0 Å². The molecule has 1 aromatic heterocycles. The van der Waals surface area contributed by atoms with Crippen LogP contribution in [0.3, 0.4) is 0 Å². The summed E-state index contributed by atoms with van der Waals surface area (Å²) in [7, 11) is 1.32. The number of hydrogen-bond acceptors (Lipinski definition) is 6. The number of fused-ring (bicyclic) bond motifs is 1. The molecule has 1 heterocycles. The molecule has 0 bridgehead atoms. The zero-order valence-electron chi connectivity index (χ0n) is 20.6. The molecule has 8 heteroatoms. The Bertz CT molecular complexity index is 1250. The summed E-state index contributed by atoms with van der Waals surface area (Å²) < 4.78 is 4.78. The number of benzene rings is 2. The topological polar surface area (TPSA) is 106 Å². The Balaban J connectivity index is 2.15. The highest BCUT2D eigenvalue weighted by Crippen LogP contribution is 2.39. The van der Waals surface area contributed by atoms with Gasteiger partial charge in [-0.05, 0) is 59.2 Å². The second-order valence-electron chi connectivity index (χ2n) is 10.2. The third kappa shape index (κ3) is 5.44. The van der Waals surface area contributed by atoms with Gasteiger partial charge < -0.3 is 15.2 Å². The number of methoxy groups -OCH3 is 1. The fourth-order valence-electron chi connectivity index (χ4n) is 4.31. The van der Waals surface area contributed by atoms with Crippen LogP contribution in [0.1, 0.15) is 62.5 Å². The van der Waals surface area contributed by atoms with Gasteiger partial charge in [0, 0.05) is 12.1 Å². The maximum absolute atomic E-state index is 11.9. The lowest BCUT2D eigenvalue weighted by Gasteiger charge is -2.33. The van der Waals surface area contributed by atoms with Crippen LogP contribution in [0.2, 0.25) is 0 Å². The van der Waals surface area contributed by atoms with Crippen LogP contribution in [0.5, 0.6) is 5.75 Å². The normalized spacial score (nSPS) is 11.9. The van der Waals surface area contributed by atoms with Crippen LogP contribution in [-0.4, -0.2) is 39.1 Å². The van der Waals surface area contributed by atoms with Crippen LogP contribution in [0.25, 0.3) is 16.7 Å². The molecule has 3 rings (SSSR count). The van der Waals surface area contributed by atoms with Crippen molar-refractivity contribution in [2.24, 2.45) is 5.41 Å². The molecule has 0 spiro atoms. The standard InChI is InChI=1S/C26H32N4O4/c1-8-22(31)27-14-17-11-18(26(5,6)15-25(2,3)4)13-21(23(17)32)30-28-19-10-9-16(24(33)34-7)12-20(19)29-30/h8-13,32H,1,14-15H2,2-7H3,(H,27,31). The van der Waals surface area contributed by atoms with Crippen molar-refractivity contribution in [1.29, 1.82) is 0 Å². The Kier molecular flexibility index (Phi) is 6.82. The number of nitrogens with one attached hydrogen (secondary N) is 1. The number of phenolic OH excluding ortho intramolecular Hbond substituents is 1. The van der Waals surface area contributed by atoms with Gasteiger partial charge in [-0.25, -0.2) is 4.79 Å². The third-order valence-corrected chi connectivity index (χ3v) is 5.58. The van der Waals surface area contributed by atoms with E-state index < -0.39 is 5.97 Å². The summed E-state index contributed by atoms with van der Waals surface area (Å²) in [6.07, 6.45) is 2.08. The van der Waals surface area contributed by atoms with Gasteiger partial charge in [0.05, 0.1) is 12.7 Å². The highest BCUT2D eigenvalue weighted by atomic mass is 16.5. The van der Waals surface area contributed by atoms with E-state index in [-0.39, 0.29) is 29.0 Å². The van der Waals surface area contributed by atoms with Crippen molar-refractivity contribution in [3.05, 3.63) is 59.7 Å². The molecule has 0 saturated heterocycles. The molecule has 0 radical (unpaired) electrons. The Morgan fingerprint density at radius 3 is 2.41 bits per heavy atom. The molecule has 34 heavy (non-hydrogen) atoms. The first-order valence-electron chi connectivity index (χ1n) is 11.1. The number of aromatic nitrogens is 3. The van der Waals surface area contributed by atoms with Crippen molar-refractivity contribution in [2.45, 2.75) is 53.0 Å². The molecule has 0 aliphatic carbocycles. The third-order valence-electron chi connectivity index (χ3n) is 5.58. The smallest absolute Gasteiger partial charge is 0.337 e. The number of amides is 1. The average Bonchev–Trinajstić information content (AvgIpc) is 3.18. The highest BCUT2D eigenvalue weighted by molar-refractivity contribution is 5.93. The number of carbonyl (C=O) groups excluding carboxylic acids is 2. The molecule has 180 valence electrons. The van der Waals surface area contributed by atoms with Gasteiger partial charge in [-0.3, -0.25) is 4.79 Å². The number of esters is 1. The van der Waals surface area contributed by atoms with Gasteiger partial charge in [0.2, 0.25) is 5.91 Å². The number of carbonyl (C=O) groups is 2. The molecule has 0 atom stereocenters. The molecule has 0 aliphatic rings. The summed E-state index contributed by atoms with van der Waals surface area (Å²) in [6.45, 7) is 14.4. The van der Waals surface area contributed by atoms with Crippen LogP contribution < -0.4 is 5.32 Å². The minimum absolute atomic E-state index is 0.0341. The van der Waals surface area contributed by atoms with E-state index in [1.54, 1.807) is 18.2 Å². The van der Waals surface area contributed by atoms with Gasteiger partial charge in [-0.2, -0.15) is 0 Å².